The fraction of sp³-hybridized carbons (Fsp3) is 0.814. The van der Waals surface area contributed by atoms with Crippen LogP contribution in [0.1, 0.15) is 125 Å². The van der Waals surface area contributed by atoms with Crippen LogP contribution in [0, 0.1) is 56.7 Å². The number of nitrogens with zero attached hydrogens (tertiary/aromatic N) is 1. The van der Waals surface area contributed by atoms with Gasteiger partial charge in [0.25, 0.3) is 0 Å². The molecule has 1 amide bonds. The van der Waals surface area contributed by atoms with Crippen LogP contribution in [-0.2, 0) is 19.4 Å². The SMILES string of the molecule is C=C(C)C[C@@H]1CC[C@]2(NCC(=O)N3CCS(=O)(=O)C3)CC[C@]3(C)[C@H](CC[C@@H]4[C@@]5(C)CC=C(C6=CC[C@](CF)(C(=O)O)CC6)C(C)(C)[C@@H]5CC[C@]43C)[C@@H]12. The van der Waals surface area contributed by atoms with Gasteiger partial charge in [-0.15, -0.1) is 6.58 Å². The van der Waals surface area contributed by atoms with E-state index in [0.717, 1.165) is 38.5 Å². The van der Waals surface area contributed by atoms with Crippen molar-refractivity contribution in [2.24, 2.45) is 56.7 Å². The van der Waals surface area contributed by atoms with Crippen molar-refractivity contribution in [3.05, 3.63) is 35.5 Å². The predicted molar refractivity (Wildman–Crippen MR) is 204 cm³/mol. The average Bonchev–Trinajstić information content (AvgIpc) is 3.63. The second kappa shape index (κ2) is 12.8. The number of nitrogens with one attached hydrogen (secondary N) is 1. The van der Waals surface area contributed by atoms with Gasteiger partial charge in [0.2, 0.25) is 5.91 Å². The number of hydrogen-bond donors (Lipinski definition) is 2. The smallest absolute Gasteiger partial charge is 0.312 e. The molecule has 4 saturated carbocycles. The molecule has 7 nitrogen and oxygen atoms in total. The summed E-state index contributed by atoms with van der Waals surface area (Å²) in [6, 6.07) is 0. The van der Waals surface area contributed by atoms with E-state index in [1.54, 1.807) is 0 Å². The molecule has 6 aliphatic carbocycles. The number of carboxylic acid groups (broad SMARTS) is 1. The third-order valence-corrected chi connectivity index (χ3v) is 18.9. The van der Waals surface area contributed by atoms with Gasteiger partial charge in [-0.05, 0) is 153 Å². The molecular formula is C43H65FN2O5S. The highest BCUT2D eigenvalue weighted by atomic mass is 32.2. The van der Waals surface area contributed by atoms with Crippen molar-refractivity contribution in [1.29, 1.82) is 0 Å². The summed E-state index contributed by atoms with van der Waals surface area (Å²) in [6.45, 7) is 18.9. The van der Waals surface area contributed by atoms with Crippen LogP contribution in [-0.4, -0.2) is 67.2 Å². The number of hydrogen-bond acceptors (Lipinski definition) is 5. The number of sulfone groups is 1. The summed E-state index contributed by atoms with van der Waals surface area (Å²) in [4.78, 5) is 26.9. The zero-order valence-electron chi connectivity index (χ0n) is 32.8. The van der Waals surface area contributed by atoms with Crippen molar-refractivity contribution in [2.75, 3.05) is 31.4 Å². The standard InChI is InChI=1S/C43H65FN2O5S/c1-28(2)24-30-12-19-43(45-25-35(47)46-22-23-52(50,51)27-46)21-20-40(6)32(36(30)43)8-9-34-39(5)15-13-31(38(3,4)33(39)14-16-41(34,40)7)29-10-17-42(26-44,18-11-29)37(48)49/h10,13,30,32-34,36,45H,1,8-9,11-12,14-27H2,2-7H3,(H,48,49)/t30-,32+,33-,34+,36+,39-,40+,41+,42-,43-/m0/s1. The van der Waals surface area contributed by atoms with Crippen molar-refractivity contribution in [3.8, 4) is 0 Å². The molecule has 10 atom stereocenters. The van der Waals surface area contributed by atoms with E-state index in [2.05, 4.69) is 65.6 Å². The van der Waals surface area contributed by atoms with Gasteiger partial charge in [-0.2, -0.15) is 0 Å². The Morgan fingerprint density at radius 2 is 1.71 bits per heavy atom. The van der Waals surface area contributed by atoms with Crippen molar-refractivity contribution < 1.29 is 27.5 Å². The van der Waals surface area contributed by atoms with Crippen LogP contribution in [0.3, 0.4) is 0 Å². The molecule has 2 N–H and O–H groups in total. The monoisotopic (exact) mass is 740 g/mol. The molecule has 0 bridgehead atoms. The van der Waals surface area contributed by atoms with E-state index in [4.69, 9.17) is 0 Å². The van der Waals surface area contributed by atoms with Gasteiger partial charge >= 0.3 is 5.97 Å². The number of allylic oxidation sites excluding steroid dienone is 5. The fourth-order valence-corrected chi connectivity index (χ4v) is 15.9. The van der Waals surface area contributed by atoms with E-state index >= 15 is 0 Å². The molecule has 0 aromatic rings. The van der Waals surface area contributed by atoms with Crippen molar-refractivity contribution in [2.45, 2.75) is 131 Å². The van der Waals surface area contributed by atoms with E-state index in [9.17, 15) is 27.5 Å². The zero-order valence-corrected chi connectivity index (χ0v) is 33.6. The largest absolute Gasteiger partial charge is 0.481 e. The first kappa shape index (κ1) is 38.3. The maximum absolute atomic E-state index is 14.0. The van der Waals surface area contributed by atoms with Gasteiger partial charge in [0.15, 0.2) is 9.84 Å². The fourth-order valence-electron chi connectivity index (χ4n) is 14.6. The molecular weight excluding hydrogens is 676 g/mol. The van der Waals surface area contributed by atoms with Crippen molar-refractivity contribution >= 4 is 21.7 Å². The Kier molecular flexibility index (Phi) is 9.41. The number of carboxylic acids is 1. The van der Waals surface area contributed by atoms with Crippen LogP contribution in [0.2, 0.25) is 0 Å². The Hall–Kier alpha value is -2.00. The van der Waals surface area contributed by atoms with E-state index in [1.165, 1.54) is 47.3 Å². The highest BCUT2D eigenvalue weighted by Gasteiger charge is 2.70. The molecule has 5 fully saturated rings. The molecule has 1 saturated heterocycles. The summed E-state index contributed by atoms with van der Waals surface area (Å²) >= 11 is 0. The lowest BCUT2D eigenvalue weighted by atomic mass is 9.33. The van der Waals surface area contributed by atoms with Crippen molar-refractivity contribution in [1.82, 2.24) is 10.2 Å². The Morgan fingerprint density at radius 3 is 2.33 bits per heavy atom. The predicted octanol–water partition coefficient (Wildman–Crippen LogP) is 8.28. The number of fused-ring (bicyclic) bond motifs is 7. The van der Waals surface area contributed by atoms with Gasteiger partial charge in [0.1, 0.15) is 12.6 Å². The number of alkyl halides is 1. The lowest BCUT2D eigenvalue weighted by Crippen LogP contribution is -2.68. The zero-order chi connectivity index (χ0) is 37.7. The van der Waals surface area contributed by atoms with Gasteiger partial charge in [-0.25, -0.2) is 12.8 Å². The van der Waals surface area contributed by atoms with Gasteiger partial charge in [-0.1, -0.05) is 52.3 Å². The van der Waals surface area contributed by atoms with Crippen LogP contribution in [0.5, 0.6) is 0 Å². The molecule has 1 heterocycles. The number of aliphatic carboxylic acids is 1. The van der Waals surface area contributed by atoms with Crippen LogP contribution in [0.15, 0.2) is 35.5 Å². The number of halogens is 1. The molecule has 7 aliphatic rings. The molecule has 0 spiro atoms. The number of amides is 1. The van der Waals surface area contributed by atoms with Gasteiger partial charge in [-0.3, -0.25) is 9.59 Å². The average molecular weight is 741 g/mol. The van der Waals surface area contributed by atoms with Gasteiger partial charge < -0.3 is 15.3 Å². The molecule has 9 heteroatoms. The molecule has 0 aromatic heterocycles. The first-order valence-electron chi connectivity index (χ1n) is 20.3. The third kappa shape index (κ3) is 5.65. The molecule has 290 valence electrons. The Balaban J connectivity index is 1.16. The Labute approximate surface area is 312 Å². The minimum Gasteiger partial charge on any atom is -0.481 e. The molecule has 7 rings (SSSR count). The maximum Gasteiger partial charge on any atom is 0.312 e. The summed E-state index contributed by atoms with van der Waals surface area (Å²) in [7, 11) is -3.18. The Morgan fingerprint density at radius 1 is 0.962 bits per heavy atom. The van der Waals surface area contributed by atoms with Crippen LogP contribution in [0.25, 0.3) is 0 Å². The number of carbonyl (C=O) groups is 2. The second-order valence-corrected chi connectivity index (χ2v) is 22.2. The lowest BCUT2D eigenvalue weighted by Gasteiger charge is -2.72. The first-order chi connectivity index (χ1) is 24.3. The summed E-state index contributed by atoms with van der Waals surface area (Å²) in [5.74, 6) is 1.43. The lowest BCUT2D eigenvalue weighted by molar-refractivity contribution is -0.222. The van der Waals surface area contributed by atoms with E-state index in [1.807, 2.05) is 0 Å². The first-order valence-corrected chi connectivity index (χ1v) is 22.2. The molecule has 1 aliphatic heterocycles. The van der Waals surface area contributed by atoms with Gasteiger partial charge in [0.05, 0.1) is 17.7 Å². The quantitative estimate of drug-likeness (QED) is 0.243. The minimum absolute atomic E-state index is 0.0538. The Bertz CT molecular complexity index is 1690. The van der Waals surface area contributed by atoms with E-state index in [-0.39, 0.29) is 57.7 Å². The van der Waals surface area contributed by atoms with Crippen molar-refractivity contribution in [3.63, 3.8) is 0 Å². The number of carbonyl (C=O) groups excluding carboxylic acids is 1. The summed E-state index contributed by atoms with van der Waals surface area (Å²) in [6.07, 6.45) is 17.0. The molecule has 0 aromatic carbocycles. The summed E-state index contributed by atoms with van der Waals surface area (Å²) in [5.41, 5.74) is 2.90. The highest BCUT2D eigenvalue weighted by molar-refractivity contribution is 7.91. The topological polar surface area (TPSA) is 104 Å². The summed E-state index contributed by atoms with van der Waals surface area (Å²) < 4.78 is 38.3. The number of rotatable bonds is 8. The van der Waals surface area contributed by atoms with Crippen LogP contribution >= 0.6 is 0 Å². The molecule has 0 radical (unpaired) electrons. The summed E-state index contributed by atoms with van der Waals surface area (Å²) in [5, 5.41) is 13.7. The van der Waals surface area contributed by atoms with Crippen LogP contribution < -0.4 is 5.32 Å². The normalized spacial score (nSPS) is 44.8. The molecule has 0 unspecified atom stereocenters. The second-order valence-electron chi connectivity index (χ2n) is 20.1. The van der Waals surface area contributed by atoms with Crippen LogP contribution in [0.4, 0.5) is 4.39 Å². The minimum atomic E-state index is -3.18. The van der Waals surface area contributed by atoms with E-state index in [0.29, 0.717) is 49.0 Å². The highest BCUT2D eigenvalue weighted by Crippen LogP contribution is 2.76. The molecule has 52 heavy (non-hydrogen) atoms. The maximum atomic E-state index is 14.0. The van der Waals surface area contributed by atoms with Gasteiger partial charge in [0, 0.05) is 12.1 Å². The van der Waals surface area contributed by atoms with E-state index < -0.39 is 27.9 Å². The third-order valence-electron chi connectivity index (χ3n) is 17.4.